The minimum Gasteiger partial charge on any atom is -0.348 e. The number of pyridine rings is 1. The number of rotatable bonds is 2. The summed E-state index contributed by atoms with van der Waals surface area (Å²) < 4.78 is 0. The number of amides is 1. The first-order valence-corrected chi connectivity index (χ1v) is 7.46. The number of aromatic amines is 1. The lowest BCUT2D eigenvalue weighted by molar-refractivity contribution is 0.0867. The second-order valence-electron chi connectivity index (χ2n) is 5.53. The van der Waals surface area contributed by atoms with Crippen LogP contribution < -0.4 is 10.9 Å². The zero-order chi connectivity index (χ0) is 14.1. The number of carbonyl (C=O) groups excluding carboxylic acids is 1. The molecule has 0 unspecified atom stereocenters. The number of hydrogen-bond acceptors (Lipinski definition) is 3. The Hall–Kier alpha value is -1.33. The van der Waals surface area contributed by atoms with Crippen LogP contribution in [-0.4, -0.2) is 41.0 Å². The maximum absolute atomic E-state index is 12.3. The van der Waals surface area contributed by atoms with Crippen molar-refractivity contribution in [1.29, 1.82) is 0 Å². The van der Waals surface area contributed by atoms with Crippen LogP contribution >= 0.6 is 11.6 Å². The molecular weight excluding hydrogens is 278 g/mol. The van der Waals surface area contributed by atoms with Gasteiger partial charge in [-0.05, 0) is 44.8 Å². The monoisotopic (exact) mass is 295 g/mol. The molecule has 6 heteroatoms. The lowest BCUT2D eigenvalue weighted by Crippen LogP contribution is -2.52. The van der Waals surface area contributed by atoms with Gasteiger partial charge >= 0.3 is 0 Å². The third-order valence-electron chi connectivity index (χ3n) is 4.28. The summed E-state index contributed by atoms with van der Waals surface area (Å²) >= 11 is 5.76. The van der Waals surface area contributed by atoms with Crippen LogP contribution in [0.4, 0.5) is 0 Å². The van der Waals surface area contributed by atoms with Crippen LogP contribution in [0.15, 0.2) is 17.1 Å². The van der Waals surface area contributed by atoms with Crippen molar-refractivity contribution in [2.45, 2.75) is 37.8 Å². The molecule has 0 spiro atoms. The number of hydrogen-bond donors (Lipinski definition) is 2. The molecule has 5 nitrogen and oxygen atoms in total. The van der Waals surface area contributed by atoms with Crippen molar-refractivity contribution in [3.05, 3.63) is 33.2 Å². The second-order valence-corrected chi connectivity index (χ2v) is 5.94. The topological polar surface area (TPSA) is 65.2 Å². The molecule has 2 aliphatic rings. The zero-order valence-electron chi connectivity index (χ0n) is 11.2. The fraction of sp³-hybridized carbons (Fsp3) is 0.571. The van der Waals surface area contributed by atoms with Gasteiger partial charge in [-0.15, -0.1) is 0 Å². The van der Waals surface area contributed by atoms with Gasteiger partial charge in [-0.2, -0.15) is 0 Å². The Bertz CT molecular complexity index is 572. The van der Waals surface area contributed by atoms with Crippen LogP contribution in [0.1, 0.15) is 36.0 Å². The number of H-pyrrole nitrogens is 1. The molecule has 108 valence electrons. The normalized spacial score (nSPS) is 26.2. The zero-order valence-corrected chi connectivity index (χ0v) is 11.9. The molecule has 0 radical (unpaired) electrons. The number of halogens is 1. The van der Waals surface area contributed by atoms with E-state index in [1.165, 1.54) is 18.7 Å². The van der Waals surface area contributed by atoms with Crippen molar-refractivity contribution in [3.63, 3.8) is 0 Å². The van der Waals surface area contributed by atoms with E-state index < -0.39 is 0 Å². The van der Waals surface area contributed by atoms with Gasteiger partial charge in [-0.25, -0.2) is 0 Å². The van der Waals surface area contributed by atoms with Gasteiger partial charge in [0.15, 0.2) is 0 Å². The highest BCUT2D eigenvalue weighted by Crippen LogP contribution is 2.27. The number of nitrogens with zero attached hydrogens (tertiary/aromatic N) is 1. The first-order chi connectivity index (χ1) is 9.65. The van der Waals surface area contributed by atoms with Gasteiger partial charge in [0.1, 0.15) is 5.02 Å². The van der Waals surface area contributed by atoms with Gasteiger partial charge in [-0.3, -0.25) is 14.5 Å². The molecule has 0 saturated carbocycles. The largest absolute Gasteiger partial charge is 0.348 e. The number of fused-ring (bicyclic) bond motifs is 1. The van der Waals surface area contributed by atoms with Gasteiger partial charge in [0.05, 0.1) is 5.56 Å². The van der Waals surface area contributed by atoms with Crippen LogP contribution in [-0.2, 0) is 0 Å². The van der Waals surface area contributed by atoms with Gasteiger partial charge in [-0.1, -0.05) is 11.6 Å². The Morgan fingerprint density at radius 1 is 1.35 bits per heavy atom. The first-order valence-electron chi connectivity index (χ1n) is 7.08. The summed E-state index contributed by atoms with van der Waals surface area (Å²) in [6, 6.07) is 2.08. The van der Waals surface area contributed by atoms with E-state index in [1.54, 1.807) is 0 Å². The highest BCUT2D eigenvalue weighted by atomic mass is 35.5. The first kappa shape index (κ1) is 13.6. The third-order valence-corrected chi connectivity index (χ3v) is 4.56. The summed E-state index contributed by atoms with van der Waals surface area (Å²) in [4.78, 5) is 28.4. The summed E-state index contributed by atoms with van der Waals surface area (Å²) in [6.07, 6.45) is 5.91. The lowest BCUT2D eigenvalue weighted by atomic mass is 9.96. The average molecular weight is 296 g/mol. The molecule has 2 saturated heterocycles. The van der Waals surface area contributed by atoms with Crippen molar-refractivity contribution < 1.29 is 4.79 Å². The van der Waals surface area contributed by atoms with Gasteiger partial charge in [0.25, 0.3) is 11.5 Å². The van der Waals surface area contributed by atoms with Crippen molar-refractivity contribution in [3.8, 4) is 0 Å². The number of aromatic nitrogens is 1. The van der Waals surface area contributed by atoms with E-state index >= 15 is 0 Å². The Morgan fingerprint density at radius 2 is 2.10 bits per heavy atom. The Labute approximate surface area is 122 Å². The molecular formula is C14H18ClN3O2. The van der Waals surface area contributed by atoms with E-state index in [1.807, 2.05) is 0 Å². The van der Waals surface area contributed by atoms with Gasteiger partial charge in [0.2, 0.25) is 0 Å². The minimum absolute atomic E-state index is 0.0452. The SMILES string of the molecule is O=C(N[C@H]1CCCN2CCC[C@@H]12)c1c[nH]c(=O)c(Cl)c1. The third kappa shape index (κ3) is 2.60. The number of carbonyl (C=O) groups is 1. The molecule has 3 rings (SSSR count). The molecule has 20 heavy (non-hydrogen) atoms. The van der Waals surface area contributed by atoms with Crippen LogP contribution in [0.2, 0.25) is 5.02 Å². The average Bonchev–Trinajstić information content (AvgIpc) is 2.91. The predicted octanol–water partition coefficient (Wildman–Crippen LogP) is 1.38. The van der Waals surface area contributed by atoms with E-state index in [0.29, 0.717) is 11.6 Å². The summed E-state index contributed by atoms with van der Waals surface area (Å²) in [7, 11) is 0. The van der Waals surface area contributed by atoms with Gasteiger partial charge < -0.3 is 10.3 Å². The Balaban J connectivity index is 1.71. The molecule has 0 bridgehead atoms. The van der Waals surface area contributed by atoms with E-state index in [0.717, 1.165) is 32.4 Å². The summed E-state index contributed by atoms with van der Waals surface area (Å²) in [5.74, 6) is -0.165. The van der Waals surface area contributed by atoms with Crippen molar-refractivity contribution in [2.24, 2.45) is 0 Å². The fourth-order valence-electron chi connectivity index (χ4n) is 3.30. The van der Waals surface area contributed by atoms with Crippen LogP contribution in [0.25, 0.3) is 0 Å². The van der Waals surface area contributed by atoms with Crippen molar-refractivity contribution in [1.82, 2.24) is 15.2 Å². The number of nitrogens with one attached hydrogen (secondary N) is 2. The van der Waals surface area contributed by atoms with Crippen LogP contribution in [0, 0.1) is 0 Å². The fourth-order valence-corrected chi connectivity index (χ4v) is 3.47. The molecule has 1 aromatic rings. The quantitative estimate of drug-likeness (QED) is 0.866. The summed E-state index contributed by atoms with van der Waals surface area (Å²) in [5, 5.41) is 3.14. The predicted molar refractivity (Wildman–Crippen MR) is 77.2 cm³/mol. The van der Waals surface area contributed by atoms with Crippen LogP contribution in [0.3, 0.4) is 0 Å². The minimum atomic E-state index is -0.372. The van der Waals surface area contributed by atoms with E-state index in [4.69, 9.17) is 11.6 Å². The maximum Gasteiger partial charge on any atom is 0.266 e. The molecule has 2 fully saturated rings. The highest BCUT2D eigenvalue weighted by Gasteiger charge is 2.35. The smallest absolute Gasteiger partial charge is 0.266 e. The highest BCUT2D eigenvalue weighted by molar-refractivity contribution is 6.30. The second kappa shape index (κ2) is 5.58. The maximum atomic E-state index is 12.3. The van der Waals surface area contributed by atoms with Crippen molar-refractivity contribution in [2.75, 3.05) is 13.1 Å². The molecule has 2 N–H and O–H groups in total. The van der Waals surface area contributed by atoms with E-state index in [9.17, 15) is 9.59 Å². The summed E-state index contributed by atoms with van der Waals surface area (Å²) in [6.45, 7) is 2.28. The van der Waals surface area contributed by atoms with Crippen molar-refractivity contribution >= 4 is 17.5 Å². The summed E-state index contributed by atoms with van der Waals surface area (Å²) in [5.41, 5.74) is 0.0348. The lowest BCUT2D eigenvalue weighted by Gasteiger charge is -2.37. The molecule has 2 atom stereocenters. The molecule has 0 aliphatic carbocycles. The molecule has 1 aromatic heterocycles. The molecule has 1 amide bonds. The van der Waals surface area contributed by atoms with Gasteiger partial charge in [0, 0.05) is 18.3 Å². The Kier molecular flexibility index (Phi) is 3.81. The van der Waals surface area contributed by atoms with E-state index in [2.05, 4.69) is 15.2 Å². The van der Waals surface area contributed by atoms with E-state index in [-0.39, 0.29) is 22.5 Å². The molecule has 2 aliphatic heterocycles. The standard InChI is InChI=1S/C14H18ClN3O2/c15-10-7-9(8-16-14(10)20)13(19)17-11-3-1-5-18-6-2-4-12(11)18/h7-8,11-12H,1-6H2,(H,16,20)(H,17,19)/t11-,12-/m0/s1. The van der Waals surface area contributed by atoms with Crippen LogP contribution in [0.5, 0.6) is 0 Å². The number of piperidine rings is 1. The molecule has 3 heterocycles. The Morgan fingerprint density at radius 3 is 2.85 bits per heavy atom. The molecule has 0 aromatic carbocycles.